The first-order valence-corrected chi connectivity index (χ1v) is 7.85. The number of alkyl halides is 4. The van der Waals surface area contributed by atoms with E-state index in [1.54, 1.807) is 0 Å². The van der Waals surface area contributed by atoms with Crippen LogP contribution in [0.2, 0.25) is 0 Å². The Morgan fingerprint density at radius 2 is 2.07 bits per heavy atom. The lowest BCUT2D eigenvalue weighted by molar-refractivity contribution is -0.136. The molecule has 1 aromatic carbocycles. The van der Waals surface area contributed by atoms with Crippen LogP contribution in [0.1, 0.15) is 42.5 Å². The monoisotopic (exact) mass is 391 g/mol. The van der Waals surface area contributed by atoms with Gasteiger partial charge in [0.05, 0.1) is 6.61 Å². The highest BCUT2D eigenvalue weighted by Crippen LogP contribution is 2.36. The van der Waals surface area contributed by atoms with Crippen molar-refractivity contribution in [3.05, 3.63) is 41.6 Å². The second kappa shape index (κ2) is 8.69. The van der Waals surface area contributed by atoms with Crippen molar-refractivity contribution in [1.29, 1.82) is 0 Å². The molecule has 0 fully saturated rings. The molecule has 0 aliphatic rings. The molecule has 7 nitrogen and oxygen atoms in total. The molecule has 0 aliphatic heterocycles. The number of halogens is 4. The Balaban J connectivity index is 2.12. The third kappa shape index (κ3) is 6.42. The van der Waals surface area contributed by atoms with E-state index in [1.807, 2.05) is 0 Å². The van der Waals surface area contributed by atoms with Crippen LogP contribution in [-0.4, -0.2) is 29.1 Å². The first-order chi connectivity index (χ1) is 12.7. The van der Waals surface area contributed by atoms with Gasteiger partial charge in [0, 0.05) is 13.3 Å². The van der Waals surface area contributed by atoms with Crippen LogP contribution in [0.5, 0.6) is 5.75 Å². The van der Waals surface area contributed by atoms with E-state index in [-0.39, 0.29) is 30.2 Å². The number of primary amides is 1. The van der Waals surface area contributed by atoms with Crippen LogP contribution in [0.3, 0.4) is 0 Å². The summed E-state index contributed by atoms with van der Waals surface area (Å²) in [6, 6.07) is 5.71. The minimum absolute atomic E-state index is 0.118. The molecular weight excluding hydrogens is 374 g/mol. The van der Waals surface area contributed by atoms with Crippen molar-refractivity contribution in [3.8, 4) is 5.75 Å². The second-order valence-corrected chi connectivity index (χ2v) is 5.56. The topological polar surface area (TPSA) is 100 Å². The van der Waals surface area contributed by atoms with Gasteiger partial charge in [-0.25, -0.2) is 9.18 Å². The third-order valence-corrected chi connectivity index (χ3v) is 3.35. The van der Waals surface area contributed by atoms with Crippen LogP contribution in [0, 0.1) is 6.92 Å². The number of aromatic nitrogens is 2. The Labute approximate surface area is 151 Å². The molecule has 2 unspecified atom stereocenters. The quantitative estimate of drug-likeness (QED) is 0.540. The number of nitrogens with zero attached hydrogens (tertiary/aromatic N) is 2. The Kier molecular flexibility index (Phi) is 6.59. The van der Waals surface area contributed by atoms with Crippen LogP contribution in [0.15, 0.2) is 28.7 Å². The van der Waals surface area contributed by atoms with Gasteiger partial charge in [0.2, 0.25) is 12.1 Å². The molecule has 0 bridgehead atoms. The molecule has 1 aromatic heterocycles. The van der Waals surface area contributed by atoms with E-state index in [4.69, 9.17) is 19.6 Å². The van der Waals surface area contributed by atoms with E-state index in [9.17, 15) is 22.4 Å². The molecule has 11 heteroatoms. The molecule has 0 spiro atoms. The summed E-state index contributed by atoms with van der Waals surface area (Å²) in [5.41, 5.74) is 5.15. The number of carbonyl (C=O) groups is 1. The van der Waals surface area contributed by atoms with Gasteiger partial charge in [-0.1, -0.05) is 12.1 Å². The Morgan fingerprint density at radius 3 is 2.67 bits per heavy atom. The lowest BCUT2D eigenvalue weighted by Crippen LogP contribution is -2.21. The fourth-order valence-electron chi connectivity index (χ4n) is 2.22. The molecule has 148 valence electrons. The second-order valence-electron chi connectivity index (χ2n) is 5.56. The van der Waals surface area contributed by atoms with Crippen molar-refractivity contribution in [1.82, 2.24) is 10.2 Å². The van der Waals surface area contributed by atoms with Gasteiger partial charge in [-0.3, -0.25) is 0 Å². The Bertz CT molecular complexity index is 766. The summed E-state index contributed by atoms with van der Waals surface area (Å²) in [4.78, 5) is 11.1. The summed E-state index contributed by atoms with van der Waals surface area (Å²) in [6.07, 6.45) is -10.2. The van der Waals surface area contributed by atoms with Gasteiger partial charge in [-0.15, -0.1) is 10.2 Å². The summed E-state index contributed by atoms with van der Waals surface area (Å²) in [5.74, 6) is -0.107. The van der Waals surface area contributed by atoms with Gasteiger partial charge in [-0.2, -0.15) is 13.2 Å². The summed E-state index contributed by atoms with van der Waals surface area (Å²) in [6.45, 7) is 1.27. The predicted octanol–water partition coefficient (Wildman–Crippen LogP) is 3.95. The number of benzene rings is 1. The number of rotatable bonds is 8. The zero-order valence-electron chi connectivity index (χ0n) is 14.2. The summed E-state index contributed by atoms with van der Waals surface area (Å²) in [7, 11) is 0. The highest BCUT2D eigenvalue weighted by Gasteiger charge is 2.32. The molecule has 2 aromatic rings. The van der Waals surface area contributed by atoms with Crippen molar-refractivity contribution in [3.63, 3.8) is 0 Å². The number of hydrogen-bond acceptors (Lipinski definition) is 6. The fourth-order valence-corrected chi connectivity index (χ4v) is 2.22. The van der Waals surface area contributed by atoms with Gasteiger partial charge < -0.3 is 19.6 Å². The molecular formula is C16H17F4N3O4. The molecule has 0 saturated heterocycles. The van der Waals surface area contributed by atoms with E-state index in [1.165, 1.54) is 31.2 Å². The lowest BCUT2D eigenvalue weighted by atomic mass is 10.0. The number of amides is 1. The zero-order chi connectivity index (χ0) is 20.0. The largest absolute Gasteiger partial charge is 0.494 e. The van der Waals surface area contributed by atoms with Crippen molar-refractivity contribution in [2.45, 2.75) is 38.2 Å². The van der Waals surface area contributed by atoms with Crippen LogP contribution in [-0.2, 0) is 4.74 Å². The van der Waals surface area contributed by atoms with Crippen LogP contribution in [0.25, 0.3) is 0 Å². The number of hydrogen-bond donors (Lipinski definition) is 1. The number of nitrogens with two attached hydrogens (primary N) is 1. The van der Waals surface area contributed by atoms with Crippen molar-refractivity contribution in [2.75, 3.05) is 6.61 Å². The first-order valence-electron chi connectivity index (χ1n) is 7.85. The van der Waals surface area contributed by atoms with Gasteiger partial charge in [0.15, 0.2) is 6.10 Å². The number of ether oxygens (including phenoxy) is 2. The maximum Gasteiger partial charge on any atom is 0.405 e. The molecule has 2 atom stereocenters. The van der Waals surface area contributed by atoms with Gasteiger partial charge >= 0.3 is 12.3 Å². The van der Waals surface area contributed by atoms with E-state index in [2.05, 4.69) is 10.2 Å². The third-order valence-electron chi connectivity index (χ3n) is 3.35. The van der Waals surface area contributed by atoms with Gasteiger partial charge in [0.25, 0.3) is 5.89 Å². The highest BCUT2D eigenvalue weighted by molar-refractivity contribution is 5.65. The number of aryl methyl sites for hydroxylation is 1. The molecule has 2 rings (SSSR count). The highest BCUT2D eigenvalue weighted by atomic mass is 19.4. The molecule has 0 radical (unpaired) electrons. The minimum atomic E-state index is -4.27. The average Bonchev–Trinajstić information content (AvgIpc) is 3.02. The first kappa shape index (κ1) is 20.5. The van der Waals surface area contributed by atoms with E-state index in [0.29, 0.717) is 0 Å². The molecule has 1 amide bonds. The Morgan fingerprint density at radius 1 is 1.33 bits per heavy atom. The predicted molar refractivity (Wildman–Crippen MR) is 83.5 cm³/mol. The zero-order valence-corrected chi connectivity index (χ0v) is 14.2. The van der Waals surface area contributed by atoms with Gasteiger partial charge in [0.1, 0.15) is 5.75 Å². The van der Waals surface area contributed by atoms with E-state index in [0.717, 1.165) is 0 Å². The average molecular weight is 391 g/mol. The SMILES string of the molecule is Cc1nnc(C(F)C(OC(N)=O)c2cccc(OCCCC(F)(F)F)c2)o1. The van der Waals surface area contributed by atoms with E-state index >= 15 is 0 Å². The summed E-state index contributed by atoms with van der Waals surface area (Å²) >= 11 is 0. The number of carbonyl (C=O) groups excluding carboxylic acids is 1. The molecule has 27 heavy (non-hydrogen) atoms. The van der Waals surface area contributed by atoms with Crippen LogP contribution >= 0.6 is 0 Å². The smallest absolute Gasteiger partial charge is 0.405 e. The lowest BCUT2D eigenvalue weighted by Gasteiger charge is -2.19. The standard InChI is InChI=1S/C16H17F4N3O4/c1-9-22-23-14(26-9)12(17)13(27-15(21)24)10-4-2-5-11(8-10)25-7-3-6-16(18,19)20/h2,4-5,8,12-13H,3,6-7H2,1H3,(H2,21,24). The Hall–Kier alpha value is -2.85. The molecule has 0 aliphatic carbocycles. The van der Waals surface area contributed by atoms with Crippen LogP contribution < -0.4 is 10.5 Å². The summed E-state index contributed by atoms with van der Waals surface area (Å²) in [5, 5.41) is 7.05. The maximum absolute atomic E-state index is 14.7. The molecule has 2 N–H and O–H groups in total. The maximum atomic E-state index is 14.7. The van der Waals surface area contributed by atoms with Gasteiger partial charge in [-0.05, 0) is 24.1 Å². The van der Waals surface area contributed by atoms with E-state index < -0.39 is 36.9 Å². The van der Waals surface area contributed by atoms with Crippen molar-refractivity contribution < 1.29 is 36.2 Å². The normalized spacial score (nSPS) is 13.8. The fraction of sp³-hybridized carbons (Fsp3) is 0.438. The molecule has 0 saturated carbocycles. The molecule has 1 heterocycles. The van der Waals surface area contributed by atoms with Crippen molar-refractivity contribution >= 4 is 6.09 Å². The summed E-state index contributed by atoms with van der Waals surface area (Å²) < 4.78 is 66.2. The van der Waals surface area contributed by atoms with Crippen LogP contribution in [0.4, 0.5) is 22.4 Å². The van der Waals surface area contributed by atoms with Crippen molar-refractivity contribution in [2.24, 2.45) is 5.73 Å². The minimum Gasteiger partial charge on any atom is -0.494 e.